The van der Waals surface area contributed by atoms with Crippen LogP contribution in [0.5, 0.6) is 0 Å². The lowest BCUT2D eigenvalue weighted by atomic mass is 10.0. The highest BCUT2D eigenvalue weighted by molar-refractivity contribution is 6.32. The van der Waals surface area contributed by atoms with Crippen molar-refractivity contribution in [3.8, 4) is 11.1 Å². The first kappa shape index (κ1) is 15.1. The minimum absolute atomic E-state index is 0.0501. The van der Waals surface area contributed by atoms with Crippen molar-refractivity contribution in [2.75, 3.05) is 6.54 Å². The van der Waals surface area contributed by atoms with Crippen molar-refractivity contribution in [3.63, 3.8) is 0 Å². The SMILES string of the molecule is Cc1cc(-c2cn(C(=O)CN)c3ccc(Cl)cc23)ccc1Cl. The summed E-state index contributed by atoms with van der Waals surface area (Å²) in [5.41, 5.74) is 9.19. The van der Waals surface area contributed by atoms with Crippen molar-refractivity contribution in [1.82, 2.24) is 4.57 Å². The minimum Gasteiger partial charge on any atom is -0.322 e. The Morgan fingerprint density at radius 2 is 1.95 bits per heavy atom. The van der Waals surface area contributed by atoms with E-state index >= 15 is 0 Å². The molecule has 0 fully saturated rings. The van der Waals surface area contributed by atoms with Gasteiger partial charge in [0.15, 0.2) is 0 Å². The molecule has 0 aliphatic heterocycles. The van der Waals surface area contributed by atoms with E-state index in [1.165, 1.54) is 0 Å². The van der Waals surface area contributed by atoms with Crippen LogP contribution < -0.4 is 5.73 Å². The van der Waals surface area contributed by atoms with E-state index in [1.807, 2.05) is 37.3 Å². The molecule has 3 aromatic rings. The largest absolute Gasteiger partial charge is 0.322 e. The van der Waals surface area contributed by atoms with Gasteiger partial charge in [0, 0.05) is 27.2 Å². The quantitative estimate of drug-likeness (QED) is 0.749. The number of aryl methyl sites for hydroxylation is 1. The molecule has 5 heteroatoms. The molecule has 22 heavy (non-hydrogen) atoms. The first-order chi connectivity index (χ1) is 10.5. The van der Waals surface area contributed by atoms with Crippen LogP contribution in [0.2, 0.25) is 10.0 Å². The summed E-state index contributed by atoms with van der Waals surface area (Å²) in [6.07, 6.45) is 1.80. The smallest absolute Gasteiger partial charge is 0.244 e. The summed E-state index contributed by atoms with van der Waals surface area (Å²) >= 11 is 12.2. The summed E-state index contributed by atoms with van der Waals surface area (Å²) in [6, 6.07) is 11.2. The minimum atomic E-state index is -0.163. The molecule has 112 valence electrons. The number of fused-ring (bicyclic) bond motifs is 1. The summed E-state index contributed by atoms with van der Waals surface area (Å²) in [7, 11) is 0. The number of carbonyl (C=O) groups is 1. The van der Waals surface area contributed by atoms with Gasteiger partial charge in [-0.1, -0.05) is 29.3 Å². The molecule has 1 heterocycles. The van der Waals surface area contributed by atoms with Crippen LogP contribution in [-0.2, 0) is 0 Å². The standard InChI is InChI=1S/C17H14Cl2N2O/c1-10-6-11(2-4-15(10)19)14-9-21(17(22)8-20)16-5-3-12(18)7-13(14)16/h2-7,9H,8,20H2,1H3. The molecule has 0 bridgehead atoms. The number of nitrogens with zero attached hydrogens (tertiary/aromatic N) is 1. The van der Waals surface area contributed by atoms with E-state index < -0.39 is 0 Å². The van der Waals surface area contributed by atoms with Crippen LogP contribution in [0.4, 0.5) is 0 Å². The number of rotatable bonds is 2. The molecule has 3 rings (SSSR count). The summed E-state index contributed by atoms with van der Waals surface area (Å²) < 4.78 is 1.57. The average Bonchev–Trinajstić information content (AvgIpc) is 2.88. The Balaban J connectivity index is 2.30. The van der Waals surface area contributed by atoms with Crippen LogP contribution >= 0.6 is 23.2 Å². The Labute approximate surface area is 138 Å². The Bertz CT molecular complexity index is 884. The number of nitrogens with two attached hydrogens (primary N) is 1. The number of aromatic nitrogens is 1. The van der Waals surface area contributed by atoms with Gasteiger partial charge >= 0.3 is 0 Å². The average molecular weight is 333 g/mol. The third-order valence-corrected chi connectivity index (χ3v) is 4.34. The fourth-order valence-electron chi connectivity index (χ4n) is 2.55. The lowest BCUT2D eigenvalue weighted by Crippen LogP contribution is -2.20. The zero-order valence-electron chi connectivity index (χ0n) is 11.9. The molecule has 0 radical (unpaired) electrons. The van der Waals surface area contributed by atoms with Gasteiger partial charge in [0.25, 0.3) is 0 Å². The van der Waals surface area contributed by atoms with Crippen LogP contribution in [0, 0.1) is 6.92 Å². The molecule has 2 aromatic carbocycles. The van der Waals surface area contributed by atoms with Crippen LogP contribution in [0.1, 0.15) is 10.4 Å². The molecule has 0 atom stereocenters. The van der Waals surface area contributed by atoms with Crippen molar-refractivity contribution in [2.45, 2.75) is 6.92 Å². The van der Waals surface area contributed by atoms with Crippen LogP contribution in [0.3, 0.4) is 0 Å². The second-order valence-corrected chi connectivity index (χ2v) is 5.98. The topological polar surface area (TPSA) is 48.0 Å². The summed E-state index contributed by atoms with van der Waals surface area (Å²) in [4.78, 5) is 12.1. The molecule has 0 saturated heterocycles. The van der Waals surface area contributed by atoms with Gasteiger partial charge in [-0.15, -0.1) is 0 Å². The van der Waals surface area contributed by atoms with Crippen molar-refractivity contribution in [3.05, 3.63) is 58.2 Å². The summed E-state index contributed by atoms with van der Waals surface area (Å²) in [5.74, 6) is -0.163. The van der Waals surface area contributed by atoms with Gasteiger partial charge in [0.2, 0.25) is 5.91 Å². The molecular formula is C17H14Cl2N2O. The summed E-state index contributed by atoms with van der Waals surface area (Å²) in [6.45, 7) is 1.90. The zero-order valence-corrected chi connectivity index (χ0v) is 13.4. The second kappa shape index (κ2) is 5.76. The van der Waals surface area contributed by atoms with Gasteiger partial charge in [-0.05, 0) is 48.4 Å². The van der Waals surface area contributed by atoms with E-state index in [9.17, 15) is 4.79 Å². The highest BCUT2D eigenvalue weighted by Gasteiger charge is 2.15. The maximum absolute atomic E-state index is 12.1. The highest BCUT2D eigenvalue weighted by Crippen LogP contribution is 2.34. The highest BCUT2D eigenvalue weighted by atomic mass is 35.5. The summed E-state index contributed by atoms with van der Waals surface area (Å²) in [5, 5.41) is 2.25. The first-order valence-electron chi connectivity index (χ1n) is 6.81. The molecule has 3 nitrogen and oxygen atoms in total. The number of halogens is 2. The molecule has 0 aliphatic carbocycles. The Hall–Kier alpha value is -1.81. The molecule has 0 saturated carbocycles. The van der Waals surface area contributed by atoms with Crippen LogP contribution in [0.25, 0.3) is 22.0 Å². The molecule has 0 unspecified atom stereocenters. The van der Waals surface area contributed by atoms with Gasteiger partial charge in [-0.3, -0.25) is 9.36 Å². The Kier molecular flexibility index (Phi) is 3.96. The lowest BCUT2D eigenvalue weighted by Gasteiger charge is -2.03. The maximum atomic E-state index is 12.1. The monoisotopic (exact) mass is 332 g/mol. The third kappa shape index (κ3) is 2.52. The van der Waals surface area contributed by atoms with Gasteiger partial charge in [-0.25, -0.2) is 0 Å². The Morgan fingerprint density at radius 1 is 1.18 bits per heavy atom. The number of hydrogen-bond acceptors (Lipinski definition) is 2. The number of hydrogen-bond donors (Lipinski definition) is 1. The van der Waals surface area contributed by atoms with E-state index in [2.05, 4.69) is 0 Å². The molecule has 0 amide bonds. The van der Waals surface area contributed by atoms with Gasteiger partial charge < -0.3 is 5.73 Å². The number of benzene rings is 2. The maximum Gasteiger partial charge on any atom is 0.244 e. The first-order valence-corrected chi connectivity index (χ1v) is 7.57. The van der Waals surface area contributed by atoms with E-state index in [0.29, 0.717) is 10.0 Å². The van der Waals surface area contributed by atoms with E-state index in [4.69, 9.17) is 28.9 Å². The number of carbonyl (C=O) groups excluding carboxylic acids is 1. The third-order valence-electron chi connectivity index (χ3n) is 3.68. The lowest BCUT2D eigenvalue weighted by molar-refractivity contribution is 0.0929. The van der Waals surface area contributed by atoms with Gasteiger partial charge in [0.1, 0.15) is 0 Å². The normalized spacial score (nSPS) is 11.1. The Morgan fingerprint density at radius 3 is 2.64 bits per heavy atom. The predicted octanol–water partition coefficient (Wildman–Crippen LogP) is 4.52. The molecule has 1 aromatic heterocycles. The fraction of sp³-hybridized carbons (Fsp3) is 0.118. The fourth-order valence-corrected chi connectivity index (χ4v) is 2.84. The zero-order chi connectivity index (χ0) is 15.9. The predicted molar refractivity (Wildman–Crippen MR) is 91.8 cm³/mol. The molecule has 2 N–H and O–H groups in total. The van der Waals surface area contributed by atoms with Crippen molar-refractivity contribution >= 4 is 40.0 Å². The van der Waals surface area contributed by atoms with Gasteiger partial charge in [-0.2, -0.15) is 0 Å². The molecule has 0 aliphatic rings. The van der Waals surface area contributed by atoms with Gasteiger partial charge in [0.05, 0.1) is 12.1 Å². The van der Waals surface area contributed by atoms with Crippen LogP contribution in [0.15, 0.2) is 42.6 Å². The van der Waals surface area contributed by atoms with E-state index in [1.54, 1.807) is 16.8 Å². The van der Waals surface area contributed by atoms with Crippen LogP contribution in [-0.4, -0.2) is 17.0 Å². The van der Waals surface area contributed by atoms with E-state index in [-0.39, 0.29) is 12.5 Å². The second-order valence-electron chi connectivity index (χ2n) is 5.14. The van der Waals surface area contributed by atoms with Crippen molar-refractivity contribution in [1.29, 1.82) is 0 Å². The molecular weight excluding hydrogens is 319 g/mol. The van der Waals surface area contributed by atoms with Crippen molar-refractivity contribution in [2.24, 2.45) is 5.73 Å². The van der Waals surface area contributed by atoms with E-state index in [0.717, 1.165) is 27.6 Å². The van der Waals surface area contributed by atoms with Crippen molar-refractivity contribution < 1.29 is 4.79 Å². The molecule has 0 spiro atoms.